The van der Waals surface area contributed by atoms with Gasteiger partial charge in [-0.3, -0.25) is 0 Å². The maximum Gasteiger partial charge on any atom is 0.106 e. The van der Waals surface area contributed by atoms with Gasteiger partial charge in [0.15, 0.2) is 0 Å². The molecule has 0 radical (unpaired) electrons. The Labute approximate surface area is 99.4 Å². The minimum absolute atomic E-state index is 0.399. The maximum atomic E-state index is 5.11. The van der Waals surface area contributed by atoms with Gasteiger partial charge in [-0.2, -0.15) is 0 Å². The molecule has 0 saturated carbocycles. The lowest BCUT2D eigenvalue weighted by molar-refractivity contribution is 0.163. The van der Waals surface area contributed by atoms with E-state index in [0.29, 0.717) is 6.04 Å². The molecule has 1 N–H and O–H groups in total. The van der Waals surface area contributed by atoms with Crippen LogP contribution in [0.15, 0.2) is 22.8 Å². The number of methoxy groups -OCH3 is 1. The predicted octanol–water partition coefficient (Wildman–Crippen LogP) is 2.36. The highest BCUT2D eigenvalue weighted by Gasteiger charge is 2.05. The average molecular weight is 273 g/mol. The minimum atomic E-state index is 0.399. The number of pyridine rings is 1. The van der Waals surface area contributed by atoms with E-state index in [-0.39, 0.29) is 0 Å². The number of hydrogen-bond donors (Lipinski definition) is 1. The Hall–Kier alpha value is -0.450. The van der Waals surface area contributed by atoms with E-state index in [9.17, 15) is 0 Å². The van der Waals surface area contributed by atoms with Crippen LogP contribution in [-0.2, 0) is 11.3 Å². The van der Waals surface area contributed by atoms with E-state index in [4.69, 9.17) is 4.74 Å². The molecule has 0 aromatic carbocycles. The highest BCUT2D eigenvalue weighted by atomic mass is 79.9. The van der Waals surface area contributed by atoms with E-state index in [1.54, 1.807) is 7.11 Å². The first-order valence-corrected chi connectivity index (χ1v) is 5.89. The number of aromatic nitrogens is 1. The van der Waals surface area contributed by atoms with Gasteiger partial charge >= 0.3 is 0 Å². The van der Waals surface area contributed by atoms with Crippen molar-refractivity contribution in [2.24, 2.45) is 0 Å². The standard InChI is InChI=1S/C11H17BrN2O/c1-3-9(8-15-2)13-7-10-5-4-6-11(12)14-10/h4-6,9,13H,3,7-8H2,1-2H3. The van der Waals surface area contributed by atoms with E-state index in [0.717, 1.165) is 29.9 Å². The summed E-state index contributed by atoms with van der Waals surface area (Å²) in [5, 5.41) is 3.41. The second-order valence-corrected chi connectivity index (χ2v) is 4.21. The second kappa shape index (κ2) is 6.93. The molecular formula is C11H17BrN2O. The summed E-state index contributed by atoms with van der Waals surface area (Å²) < 4.78 is 5.99. The van der Waals surface area contributed by atoms with Crippen LogP contribution < -0.4 is 5.32 Å². The number of ether oxygens (including phenoxy) is 1. The van der Waals surface area contributed by atoms with E-state index in [1.807, 2.05) is 18.2 Å². The molecule has 1 aromatic heterocycles. The monoisotopic (exact) mass is 272 g/mol. The molecule has 1 unspecified atom stereocenters. The van der Waals surface area contributed by atoms with Crippen LogP contribution >= 0.6 is 15.9 Å². The summed E-state index contributed by atoms with van der Waals surface area (Å²) >= 11 is 3.35. The van der Waals surface area contributed by atoms with Gasteiger partial charge in [0.05, 0.1) is 12.3 Å². The number of nitrogens with one attached hydrogen (secondary N) is 1. The molecule has 84 valence electrons. The SMILES string of the molecule is CCC(COC)NCc1cccc(Br)n1. The van der Waals surface area contributed by atoms with Crippen molar-refractivity contribution in [2.75, 3.05) is 13.7 Å². The molecule has 0 spiro atoms. The van der Waals surface area contributed by atoms with Crippen LogP contribution in [0, 0.1) is 0 Å². The van der Waals surface area contributed by atoms with Crippen molar-refractivity contribution in [1.29, 1.82) is 0 Å². The summed E-state index contributed by atoms with van der Waals surface area (Å²) in [6, 6.07) is 6.33. The van der Waals surface area contributed by atoms with E-state index >= 15 is 0 Å². The molecule has 0 saturated heterocycles. The van der Waals surface area contributed by atoms with Crippen LogP contribution in [0.5, 0.6) is 0 Å². The van der Waals surface area contributed by atoms with Gasteiger partial charge in [-0.1, -0.05) is 13.0 Å². The molecule has 1 heterocycles. The van der Waals surface area contributed by atoms with Gasteiger partial charge in [-0.05, 0) is 34.5 Å². The molecule has 3 nitrogen and oxygen atoms in total. The predicted molar refractivity (Wildman–Crippen MR) is 64.7 cm³/mol. The molecule has 0 aliphatic carbocycles. The molecule has 0 aliphatic heterocycles. The molecule has 0 amide bonds. The number of hydrogen-bond acceptors (Lipinski definition) is 3. The van der Waals surface area contributed by atoms with Crippen molar-refractivity contribution in [3.63, 3.8) is 0 Å². The van der Waals surface area contributed by atoms with Crippen LogP contribution in [0.4, 0.5) is 0 Å². The fourth-order valence-corrected chi connectivity index (χ4v) is 1.70. The van der Waals surface area contributed by atoms with Crippen LogP contribution in [0.25, 0.3) is 0 Å². The third-order valence-corrected chi connectivity index (χ3v) is 2.65. The Bertz CT molecular complexity index is 294. The van der Waals surface area contributed by atoms with Crippen LogP contribution in [0.3, 0.4) is 0 Å². The Morgan fingerprint density at radius 1 is 1.53 bits per heavy atom. The lowest BCUT2D eigenvalue weighted by Gasteiger charge is -2.15. The Balaban J connectivity index is 2.41. The minimum Gasteiger partial charge on any atom is -0.383 e. The first-order chi connectivity index (χ1) is 7.26. The third kappa shape index (κ3) is 4.73. The van der Waals surface area contributed by atoms with E-state index < -0.39 is 0 Å². The van der Waals surface area contributed by atoms with Crippen molar-refractivity contribution in [1.82, 2.24) is 10.3 Å². The van der Waals surface area contributed by atoms with Gasteiger partial charge in [0.2, 0.25) is 0 Å². The summed E-state index contributed by atoms with van der Waals surface area (Å²) in [7, 11) is 1.72. The summed E-state index contributed by atoms with van der Waals surface area (Å²) in [4.78, 5) is 4.35. The van der Waals surface area contributed by atoms with Gasteiger partial charge in [0.25, 0.3) is 0 Å². The Morgan fingerprint density at radius 2 is 2.33 bits per heavy atom. The Morgan fingerprint density at radius 3 is 2.93 bits per heavy atom. The smallest absolute Gasteiger partial charge is 0.106 e. The van der Waals surface area contributed by atoms with Crippen molar-refractivity contribution >= 4 is 15.9 Å². The van der Waals surface area contributed by atoms with Gasteiger partial charge in [-0.15, -0.1) is 0 Å². The van der Waals surface area contributed by atoms with Crippen LogP contribution in [0.2, 0.25) is 0 Å². The average Bonchev–Trinajstić information content (AvgIpc) is 2.24. The van der Waals surface area contributed by atoms with Crippen molar-refractivity contribution < 1.29 is 4.74 Å². The van der Waals surface area contributed by atoms with Gasteiger partial charge in [0, 0.05) is 19.7 Å². The third-order valence-electron chi connectivity index (χ3n) is 2.21. The highest BCUT2D eigenvalue weighted by Crippen LogP contribution is 2.06. The van der Waals surface area contributed by atoms with Crippen molar-refractivity contribution in [3.05, 3.63) is 28.5 Å². The molecule has 0 fully saturated rings. The molecule has 1 atom stereocenters. The lowest BCUT2D eigenvalue weighted by Crippen LogP contribution is -2.32. The normalized spacial score (nSPS) is 12.7. The molecule has 15 heavy (non-hydrogen) atoms. The molecule has 1 rings (SSSR count). The van der Waals surface area contributed by atoms with Gasteiger partial charge in [0.1, 0.15) is 4.60 Å². The molecule has 4 heteroatoms. The summed E-state index contributed by atoms with van der Waals surface area (Å²) in [5.41, 5.74) is 1.04. The zero-order valence-corrected chi connectivity index (χ0v) is 10.8. The first kappa shape index (κ1) is 12.6. The molecule has 0 bridgehead atoms. The molecule has 0 aliphatic rings. The fourth-order valence-electron chi connectivity index (χ4n) is 1.32. The lowest BCUT2D eigenvalue weighted by atomic mass is 10.2. The fraction of sp³-hybridized carbons (Fsp3) is 0.545. The number of halogens is 1. The van der Waals surface area contributed by atoms with Crippen LogP contribution in [-0.4, -0.2) is 24.7 Å². The number of rotatable bonds is 6. The van der Waals surface area contributed by atoms with Gasteiger partial charge < -0.3 is 10.1 Å². The van der Waals surface area contributed by atoms with E-state index in [1.165, 1.54) is 0 Å². The summed E-state index contributed by atoms with van der Waals surface area (Å²) in [6.07, 6.45) is 1.06. The zero-order valence-electron chi connectivity index (χ0n) is 9.16. The second-order valence-electron chi connectivity index (χ2n) is 3.39. The largest absolute Gasteiger partial charge is 0.383 e. The zero-order chi connectivity index (χ0) is 11.1. The first-order valence-electron chi connectivity index (χ1n) is 5.10. The number of nitrogens with zero attached hydrogens (tertiary/aromatic N) is 1. The summed E-state index contributed by atoms with van der Waals surface area (Å²) in [5.74, 6) is 0. The molecule has 1 aromatic rings. The van der Waals surface area contributed by atoms with E-state index in [2.05, 4.69) is 33.2 Å². The Kier molecular flexibility index (Phi) is 5.83. The topological polar surface area (TPSA) is 34.1 Å². The van der Waals surface area contributed by atoms with Gasteiger partial charge in [-0.25, -0.2) is 4.98 Å². The van der Waals surface area contributed by atoms with Crippen LogP contribution in [0.1, 0.15) is 19.0 Å². The molecular weight excluding hydrogens is 256 g/mol. The highest BCUT2D eigenvalue weighted by molar-refractivity contribution is 9.10. The van der Waals surface area contributed by atoms with Crippen molar-refractivity contribution in [3.8, 4) is 0 Å². The van der Waals surface area contributed by atoms with Crippen molar-refractivity contribution in [2.45, 2.75) is 25.9 Å². The summed E-state index contributed by atoms with van der Waals surface area (Å²) in [6.45, 7) is 3.66. The quantitative estimate of drug-likeness (QED) is 0.808. The maximum absolute atomic E-state index is 5.11.